The average Bonchev–Trinajstić information content (AvgIpc) is 3.07. The minimum absolute atomic E-state index is 0.00932. The Bertz CT molecular complexity index is 668. The molecule has 3 heterocycles. The molecule has 2 amide bonds. The van der Waals surface area contributed by atoms with Gasteiger partial charge in [0, 0.05) is 50.2 Å². The van der Waals surface area contributed by atoms with E-state index in [1.165, 1.54) is 17.4 Å². The molecular formula is C20H32N6O2. The second kappa shape index (κ2) is 10.7. The van der Waals surface area contributed by atoms with Gasteiger partial charge in [0.1, 0.15) is 0 Å². The molecule has 5 N–H and O–H groups in total. The summed E-state index contributed by atoms with van der Waals surface area (Å²) in [6.45, 7) is 7.81. The number of carbonyl (C=O) groups excluding carboxylic acids is 2. The van der Waals surface area contributed by atoms with E-state index in [1.807, 2.05) is 18.7 Å². The predicted octanol–water partition coefficient (Wildman–Crippen LogP) is 0.859. The second-order valence-electron chi connectivity index (χ2n) is 6.64. The molecule has 0 atom stereocenters. The molecule has 3 aliphatic rings. The van der Waals surface area contributed by atoms with Crippen LogP contribution < -0.4 is 21.9 Å². The number of fused-ring (bicyclic) bond motifs is 4. The van der Waals surface area contributed by atoms with Crippen LogP contribution in [0.3, 0.4) is 0 Å². The number of nitrogens with two attached hydrogens (primary N) is 2. The van der Waals surface area contributed by atoms with Crippen LogP contribution in [0.5, 0.6) is 0 Å². The molecule has 8 nitrogen and oxygen atoms in total. The van der Waals surface area contributed by atoms with Crippen LogP contribution >= 0.6 is 0 Å². The number of hydrazine groups is 1. The molecule has 154 valence electrons. The van der Waals surface area contributed by atoms with Crippen molar-refractivity contribution >= 4 is 17.5 Å². The van der Waals surface area contributed by atoms with E-state index in [-0.39, 0.29) is 18.4 Å². The molecule has 3 saturated heterocycles. The zero-order valence-electron chi connectivity index (χ0n) is 16.8. The summed E-state index contributed by atoms with van der Waals surface area (Å²) in [6, 6.07) is 7.08. The SMILES string of the molecule is CC.N/C=C\N(N)c1ccc(C(=O)NCC(=O)N2CCN3CCC2CC3)cc1. The maximum absolute atomic E-state index is 12.5. The predicted molar refractivity (Wildman–Crippen MR) is 111 cm³/mol. The number of nitrogens with one attached hydrogen (secondary N) is 1. The Labute approximate surface area is 167 Å². The third-order valence-corrected chi connectivity index (χ3v) is 5.05. The maximum atomic E-state index is 12.5. The Balaban J connectivity index is 0.00000136. The fourth-order valence-corrected chi connectivity index (χ4v) is 3.54. The largest absolute Gasteiger partial charge is 0.403 e. The number of carbonyl (C=O) groups is 2. The lowest BCUT2D eigenvalue weighted by Gasteiger charge is -2.31. The molecule has 0 saturated carbocycles. The first-order valence-corrected chi connectivity index (χ1v) is 9.91. The first-order valence-electron chi connectivity index (χ1n) is 9.91. The lowest BCUT2D eigenvalue weighted by molar-refractivity contribution is -0.132. The molecule has 3 aliphatic heterocycles. The zero-order chi connectivity index (χ0) is 20.5. The number of rotatable bonds is 5. The highest BCUT2D eigenvalue weighted by Gasteiger charge is 2.31. The van der Waals surface area contributed by atoms with Crippen LogP contribution in [-0.2, 0) is 4.79 Å². The molecule has 8 heteroatoms. The minimum atomic E-state index is -0.272. The van der Waals surface area contributed by atoms with Gasteiger partial charge in [-0.2, -0.15) is 0 Å². The molecule has 0 radical (unpaired) electrons. The maximum Gasteiger partial charge on any atom is 0.251 e. The summed E-state index contributed by atoms with van der Waals surface area (Å²) >= 11 is 0. The molecular weight excluding hydrogens is 356 g/mol. The molecule has 2 bridgehead atoms. The molecule has 3 fully saturated rings. The van der Waals surface area contributed by atoms with E-state index in [0.717, 1.165) is 39.0 Å². The smallest absolute Gasteiger partial charge is 0.251 e. The first kappa shape index (κ1) is 21.7. The van der Waals surface area contributed by atoms with Crippen LogP contribution in [0, 0.1) is 0 Å². The van der Waals surface area contributed by atoms with Gasteiger partial charge in [0.25, 0.3) is 5.91 Å². The van der Waals surface area contributed by atoms with Gasteiger partial charge in [-0.15, -0.1) is 0 Å². The van der Waals surface area contributed by atoms with Gasteiger partial charge in [-0.1, -0.05) is 13.8 Å². The molecule has 4 rings (SSSR count). The van der Waals surface area contributed by atoms with Crippen molar-refractivity contribution in [1.29, 1.82) is 0 Å². The first-order chi connectivity index (χ1) is 13.6. The van der Waals surface area contributed by atoms with Crippen LogP contribution in [-0.4, -0.2) is 60.4 Å². The highest BCUT2D eigenvalue weighted by Crippen LogP contribution is 2.20. The summed E-state index contributed by atoms with van der Waals surface area (Å²) in [6.07, 6.45) is 4.89. The third-order valence-electron chi connectivity index (χ3n) is 5.05. The summed E-state index contributed by atoms with van der Waals surface area (Å²) in [7, 11) is 0. The number of hydrogen-bond donors (Lipinski definition) is 3. The van der Waals surface area contributed by atoms with Crippen molar-refractivity contribution in [3.8, 4) is 0 Å². The van der Waals surface area contributed by atoms with E-state index in [2.05, 4.69) is 10.2 Å². The summed E-state index contributed by atoms with van der Waals surface area (Å²) in [5.41, 5.74) is 6.49. The van der Waals surface area contributed by atoms with Gasteiger partial charge in [0.2, 0.25) is 5.91 Å². The van der Waals surface area contributed by atoms with Crippen molar-refractivity contribution in [1.82, 2.24) is 15.1 Å². The van der Waals surface area contributed by atoms with Gasteiger partial charge >= 0.3 is 0 Å². The van der Waals surface area contributed by atoms with Crippen LogP contribution in [0.15, 0.2) is 36.7 Å². The van der Waals surface area contributed by atoms with Gasteiger partial charge in [-0.25, -0.2) is 5.84 Å². The monoisotopic (exact) mass is 388 g/mol. The third kappa shape index (κ3) is 5.46. The van der Waals surface area contributed by atoms with Gasteiger partial charge in [-0.05, 0) is 37.1 Å². The van der Waals surface area contributed by atoms with E-state index in [1.54, 1.807) is 24.3 Å². The van der Waals surface area contributed by atoms with E-state index < -0.39 is 0 Å². The van der Waals surface area contributed by atoms with Gasteiger partial charge in [0.05, 0.1) is 12.2 Å². The lowest BCUT2D eigenvalue weighted by atomic mass is 10.1. The van der Waals surface area contributed by atoms with E-state index in [4.69, 9.17) is 11.6 Å². The van der Waals surface area contributed by atoms with Gasteiger partial charge in [0.15, 0.2) is 0 Å². The topological polar surface area (TPSA) is 108 Å². The van der Waals surface area contributed by atoms with E-state index in [0.29, 0.717) is 17.3 Å². The second-order valence-corrected chi connectivity index (χ2v) is 6.64. The molecule has 0 unspecified atom stereocenters. The van der Waals surface area contributed by atoms with E-state index in [9.17, 15) is 9.59 Å². The molecule has 0 spiro atoms. The van der Waals surface area contributed by atoms with Crippen LogP contribution in [0.25, 0.3) is 0 Å². The van der Waals surface area contributed by atoms with Crippen molar-refractivity contribution in [2.24, 2.45) is 11.6 Å². The molecule has 0 aliphatic carbocycles. The van der Waals surface area contributed by atoms with Crippen LogP contribution in [0.2, 0.25) is 0 Å². The van der Waals surface area contributed by atoms with Crippen molar-refractivity contribution in [2.75, 3.05) is 37.7 Å². The lowest BCUT2D eigenvalue weighted by Crippen LogP contribution is -2.46. The standard InChI is InChI=1S/C18H26N6O2.C2H6/c19-7-10-24(20)16-3-1-14(2-4-16)18(26)21-13-17(25)23-12-11-22-8-5-15(23)6-9-22;1-2/h1-4,7,10,15H,5-6,8-9,11-13,19-20H2,(H,21,26);1-2H3/b10-7-;. The number of anilines is 1. The Morgan fingerprint density at radius 2 is 1.79 bits per heavy atom. The average molecular weight is 389 g/mol. The van der Waals surface area contributed by atoms with Crippen molar-refractivity contribution in [2.45, 2.75) is 32.7 Å². The summed E-state index contributed by atoms with van der Waals surface area (Å²) in [5.74, 6) is 5.49. The molecule has 0 aromatic heterocycles. The number of benzene rings is 1. The fraction of sp³-hybridized carbons (Fsp3) is 0.500. The van der Waals surface area contributed by atoms with Gasteiger partial charge < -0.3 is 20.9 Å². The van der Waals surface area contributed by atoms with Gasteiger partial charge in [-0.3, -0.25) is 14.6 Å². The number of amides is 2. The van der Waals surface area contributed by atoms with E-state index >= 15 is 0 Å². The Morgan fingerprint density at radius 3 is 2.39 bits per heavy atom. The Hall–Kier alpha value is -2.58. The fourth-order valence-electron chi connectivity index (χ4n) is 3.54. The van der Waals surface area contributed by atoms with Crippen molar-refractivity contribution in [3.63, 3.8) is 0 Å². The summed E-state index contributed by atoms with van der Waals surface area (Å²) in [4.78, 5) is 29.2. The van der Waals surface area contributed by atoms with Crippen molar-refractivity contribution < 1.29 is 9.59 Å². The number of nitrogens with zero attached hydrogens (tertiary/aromatic N) is 3. The Morgan fingerprint density at radius 1 is 1.14 bits per heavy atom. The summed E-state index contributed by atoms with van der Waals surface area (Å²) in [5, 5.41) is 4.08. The molecule has 1 aromatic rings. The highest BCUT2D eigenvalue weighted by molar-refractivity contribution is 5.96. The number of hydrogen-bond acceptors (Lipinski definition) is 6. The van der Waals surface area contributed by atoms with Crippen LogP contribution in [0.4, 0.5) is 5.69 Å². The normalized spacial score (nSPS) is 20.9. The van der Waals surface area contributed by atoms with Crippen LogP contribution in [0.1, 0.15) is 37.0 Å². The summed E-state index contributed by atoms with van der Waals surface area (Å²) < 4.78 is 0. The Kier molecular flexibility index (Phi) is 8.28. The zero-order valence-corrected chi connectivity index (χ0v) is 16.8. The molecule has 1 aromatic carbocycles. The van der Waals surface area contributed by atoms with Crippen molar-refractivity contribution in [3.05, 3.63) is 42.2 Å². The minimum Gasteiger partial charge on any atom is -0.403 e. The highest BCUT2D eigenvalue weighted by atomic mass is 16.2. The number of piperidine rings is 1. The molecule has 28 heavy (non-hydrogen) atoms. The quantitative estimate of drug-likeness (QED) is 0.510.